The highest BCUT2D eigenvalue weighted by molar-refractivity contribution is 5.42. The van der Waals surface area contributed by atoms with Crippen LogP contribution in [-0.4, -0.2) is 29.6 Å². The van der Waals surface area contributed by atoms with Crippen molar-refractivity contribution in [3.63, 3.8) is 0 Å². The average molecular weight is 319 g/mol. The molecule has 0 unspecified atom stereocenters. The average Bonchev–Trinajstić information content (AvgIpc) is 2.87. The predicted molar refractivity (Wildman–Crippen MR) is 99.2 cm³/mol. The van der Waals surface area contributed by atoms with E-state index < -0.39 is 0 Å². The molecule has 0 aliphatic carbocycles. The summed E-state index contributed by atoms with van der Waals surface area (Å²) >= 11 is 0. The van der Waals surface area contributed by atoms with Crippen LogP contribution in [0.2, 0.25) is 0 Å². The Bertz CT molecular complexity index is 414. The summed E-state index contributed by atoms with van der Waals surface area (Å²) in [5.41, 5.74) is 0. The third-order valence-corrected chi connectivity index (χ3v) is 4.63. The van der Waals surface area contributed by atoms with Gasteiger partial charge in [-0.1, -0.05) is 58.3 Å². The fourth-order valence-electron chi connectivity index (χ4n) is 3.19. The zero-order valence-corrected chi connectivity index (χ0v) is 14.9. The van der Waals surface area contributed by atoms with Gasteiger partial charge in [0.1, 0.15) is 5.82 Å². The van der Waals surface area contributed by atoms with Crippen molar-refractivity contribution in [1.29, 1.82) is 0 Å². The Hall–Kier alpha value is -1.32. The number of anilines is 2. The molecule has 1 aliphatic heterocycles. The Morgan fingerprint density at radius 3 is 2.39 bits per heavy atom. The maximum atomic E-state index is 4.70. The smallest absolute Gasteiger partial charge is 0.224 e. The molecule has 0 aromatic carbocycles. The van der Waals surface area contributed by atoms with Gasteiger partial charge in [-0.3, -0.25) is 0 Å². The molecule has 0 amide bonds. The minimum Gasteiger partial charge on any atom is -0.356 e. The Labute approximate surface area is 142 Å². The van der Waals surface area contributed by atoms with Gasteiger partial charge in [-0.25, -0.2) is 4.98 Å². The third-order valence-electron chi connectivity index (χ3n) is 4.63. The van der Waals surface area contributed by atoms with Crippen LogP contribution in [0.4, 0.5) is 11.8 Å². The summed E-state index contributed by atoms with van der Waals surface area (Å²) in [6.45, 7) is 5.52. The first-order valence-corrected chi connectivity index (χ1v) is 9.72. The lowest BCUT2D eigenvalue weighted by Gasteiger charge is -2.21. The van der Waals surface area contributed by atoms with Crippen molar-refractivity contribution in [3.05, 3.63) is 12.3 Å². The molecule has 130 valence electrons. The molecule has 1 N–H and O–H groups in total. The molecule has 4 heteroatoms. The first kappa shape index (κ1) is 18.0. The molecule has 1 saturated heterocycles. The quantitative estimate of drug-likeness (QED) is 0.615. The van der Waals surface area contributed by atoms with Gasteiger partial charge < -0.3 is 10.2 Å². The Kier molecular flexibility index (Phi) is 8.82. The van der Waals surface area contributed by atoms with E-state index in [-0.39, 0.29) is 0 Å². The fourth-order valence-corrected chi connectivity index (χ4v) is 3.19. The van der Waals surface area contributed by atoms with E-state index in [1.165, 1.54) is 70.6 Å². The van der Waals surface area contributed by atoms with E-state index in [0.29, 0.717) is 0 Å². The molecule has 0 spiro atoms. The molecular weight excluding hydrogens is 284 g/mol. The maximum absolute atomic E-state index is 4.70. The van der Waals surface area contributed by atoms with Gasteiger partial charge in [-0.05, 0) is 25.3 Å². The standard InChI is InChI=1S/C19H34N4/c1-2-3-4-5-6-7-10-14-20-19-21-15-13-18(22-19)23-16-11-8-9-12-17-23/h13,15H,2-12,14,16-17H2,1H3,(H,20,21,22). The number of aromatic nitrogens is 2. The lowest BCUT2D eigenvalue weighted by Crippen LogP contribution is -2.25. The minimum absolute atomic E-state index is 0.790. The number of hydrogen-bond donors (Lipinski definition) is 1. The number of rotatable bonds is 10. The van der Waals surface area contributed by atoms with Crippen molar-refractivity contribution < 1.29 is 0 Å². The SMILES string of the molecule is CCCCCCCCCNc1nccc(N2CCCCCC2)n1. The van der Waals surface area contributed by atoms with Gasteiger partial charge in [0.15, 0.2) is 0 Å². The zero-order chi connectivity index (χ0) is 16.2. The van der Waals surface area contributed by atoms with E-state index in [4.69, 9.17) is 4.98 Å². The van der Waals surface area contributed by atoms with Crippen LogP contribution in [0.1, 0.15) is 77.6 Å². The van der Waals surface area contributed by atoms with Crippen molar-refractivity contribution in [2.45, 2.75) is 77.6 Å². The van der Waals surface area contributed by atoms with Crippen LogP contribution in [0.5, 0.6) is 0 Å². The second kappa shape index (κ2) is 11.3. The van der Waals surface area contributed by atoms with Crippen LogP contribution < -0.4 is 10.2 Å². The molecule has 1 fully saturated rings. The van der Waals surface area contributed by atoms with Gasteiger partial charge in [0.05, 0.1) is 0 Å². The zero-order valence-electron chi connectivity index (χ0n) is 14.9. The van der Waals surface area contributed by atoms with E-state index in [1.54, 1.807) is 0 Å². The molecule has 0 bridgehead atoms. The highest BCUT2D eigenvalue weighted by atomic mass is 15.2. The first-order chi connectivity index (χ1) is 11.4. The topological polar surface area (TPSA) is 41.1 Å². The summed E-state index contributed by atoms with van der Waals surface area (Å²) in [5, 5.41) is 3.39. The summed E-state index contributed by atoms with van der Waals surface area (Å²) in [6.07, 6.45) is 16.5. The second-order valence-electron chi connectivity index (χ2n) is 6.69. The van der Waals surface area contributed by atoms with Crippen molar-refractivity contribution in [2.75, 3.05) is 29.9 Å². The van der Waals surface area contributed by atoms with Crippen LogP contribution in [0.3, 0.4) is 0 Å². The van der Waals surface area contributed by atoms with E-state index >= 15 is 0 Å². The molecule has 2 heterocycles. The van der Waals surface area contributed by atoms with E-state index in [0.717, 1.165) is 31.4 Å². The third kappa shape index (κ3) is 7.19. The highest BCUT2D eigenvalue weighted by Gasteiger charge is 2.11. The minimum atomic E-state index is 0.790. The van der Waals surface area contributed by atoms with Crippen LogP contribution in [0, 0.1) is 0 Å². The summed E-state index contributed by atoms with van der Waals surface area (Å²) in [7, 11) is 0. The Balaban J connectivity index is 1.66. The predicted octanol–water partition coefficient (Wildman–Crippen LogP) is 5.02. The largest absolute Gasteiger partial charge is 0.356 e. The van der Waals surface area contributed by atoms with Gasteiger partial charge >= 0.3 is 0 Å². The number of hydrogen-bond acceptors (Lipinski definition) is 4. The summed E-state index contributed by atoms with van der Waals surface area (Å²) in [4.78, 5) is 11.5. The molecule has 0 atom stereocenters. The molecule has 23 heavy (non-hydrogen) atoms. The number of nitrogens with one attached hydrogen (secondary N) is 1. The van der Waals surface area contributed by atoms with Gasteiger partial charge in [-0.2, -0.15) is 4.98 Å². The van der Waals surface area contributed by atoms with E-state index in [9.17, 15) is 0 Å². The van der Waals surface area contributed by atoms with Crippen molar-refractivity contribution in [1.82, 2.24) is 9.97 Å². The lowest BCUT2D eigenvalue weighted by molar-refractivity contribution is 0.596. The molecule has 1 aliphatic rings. The van der Waals surface area contributed by atoms with Crippen LogP contribution in [0.25, 0.3) is 0 Å². The van der Waals surface area contributed by atoms with Crippen LogP contribution in [0.15, 0.2) is 12.3 Å². The Morgan fingerprint density at radius 2 is 1.65 bits per heavy atom. The molecule has 1 aromatic heterocycles. The molecule has 0 radical (unpaired) electrons. The highest BCUT2D eigenvalue weighted by Crippen LogP contribution is 2.18. The van der Waals surface area contributed by atoms with Crippen molar-refractivity contribution in [2.24, 2.45) is 0 Å². The maximum Gasteiger partial charge on any atom is 0.224 e. The summed E-state index contributed by atoms with van der Waals surface area (Å²) < 4.78 is 0. The van der Waals surface area contributed by atoms with E-state index in [2.05, 4.69) is 22.1 Å². The Morgan fingerprint density at radius 1 is 0.957 bits per heavy atom. The molecule has 1 aromatic rings. The molecular formula is C19H34N4. The second-order valence-corrected chi connectivity index (χ2v) is 6.69. The van der Waals surface area contributed by atoms with Gasteiger partial charge in [0, 0.05) is 25.8 Å². The van der Waals surface area contributed by atoms with Crippen LogP contribution >= 0.6 is 0 Å². The monoisotopic (exact) mass is 318 g/mol. The number of unbranched alkanes of at least 4 members (excludes halogenated alkanes) is 6. The van der Waals surface area contributed by atoms with Gasteiger partial charge in [-0.15, -0.1) is 0 Å². The van der Waals surface area contributed by atoms with Crippen molar-refractivity contribution in [3.8, 4) is 0 Å². The fraction of sp³-hybridized carbons (Fsp3) is 0.789. The first-order valence-electron chi connectivity index (χ1n) is 9.72. The molecule has 2 rings (SSSR count). The van der Waals surface area contributed by atoms with Crippen LogP contribution in [-0.2, 0) is 0 Å². The van der Waals surface area contributed by atoms with Gasteiger partial charge in [0.2, 0.25) is 5.95 Å². The van der Waals surface area contributed by atoms with Crippen molar-refractivity contribution >= 4 is 11.8 Å². The summed E-state index contributed by atoms with van der Waals surface area (Å²) in [6, 6.07) is 2.05. The van der Waals surface area contributed by atoms with Gasteiger partial charge in [0.25, 0.3) is 0 Å². The van der Waals surface area contributed by atoms with E-state index in [1.807, 2.05) is 12.3 Å². The number of nitrogens with zero attached hydrogens (tertiary/aromatic N) is 3. The molecule has 0 saturated carbocycles. The summed E-state index contributed by atoms with van der Waals surface area (Å²) in [5.74, 6) is 1.88. The lowest BCUT2D eigenvalue weighted by atomic mass is 10.1. The normalized spacial score (nSPS) is 15.4. The molecule has 4 nitrogen and oxygen atoms in total.